The standard InChI is InChI=1S/C23H20F4N4O3S/c24-19-10-16(3-6-18(19)23(25,26)27)29-15-2-1-14-12-31(8-7-13(14)9-15)21(32)20-11-28-22(30-20)35(33,34)17-4-5-17/h1-3,6,9-11,17,29H,4-5,7-8,12H2,(H,28,30). The number of rotatable bonds is 5. The number of carbonyl (C=O) groups excluding carboxylic acids is 1. The van der Waals surface area contributed by atoms with Crippen LogP contribution in [0.3, 0.4) is 0 Å². The Kier molecular flexibility index (Phi) is 5.58. The van der Waals surface area contributed by atoms with Gasteiger partial charge in [0.05, 0.1) is 10.8 Å². The lowest BCUT2D eigenvalue weighted by Gasteiger charge is -2.28. The molecule has 12 heteroatoms. The highest BCUT2D eigenvalue weighted by Crippen LogP contribution is 2.34. The minimum Gasteiger partial charge on any atom is -0.355 e. The van der Waals surface area contributed by atoms with E-state index in [0.29, 0.717) is 44.1 Å². The molecule has 2 heterocycles. The number of hydrogen-bond donors (Lipinski definition) is 2. The zero-order valence-electron chi connectivity index (χ0n) is 18.2. The maximum atomic E-state index is 13.9. The van der Waals surface area contributed by atoms with Crippen molar-refractivity contribution in [2.75, 3.05) is 11.9 Å². The van der Waals surface area contributed by atoms with Gasteiger partial charge >= 0.3 is 6.18 Å². The zero-order valence-corrected chi connectivity index (χ0v) is 19.0. The van der Waals surface area contributed by atoms with Gasteiger partial charge in [-0.1, -0.05) is 6.07 Å². The molecule has 0 atom stereocenters. The molecule has 0 bridgehead atoms. The largest absolute Gasteiger partial charge is 0.419 e. The summed E-state index contributed by atoms with van der Waals surface area (Å²) in [5.41, 5.74) is 1.27. The van der Waals surface area contributed by atoms with Crippen molar-refractivity contribution in [2.24, 2.45) is 0 Å². The van der Waals surface area contributed by atoms with Crippen LogP contribution < -0.4 is 5.32 Å². The second-order valence-corrected chi connectivity index (χ2v) is 10.8. The molecule has 5 rings (SSSR count). The van der Waals surface area contributed by atoms with Crippen molar-refractivity contribution in [1.29, 1.82) is 0 Å². The Bertz CT molecular complexity index is 1410. The molecule has 0 saturated heterocycles. The smallest absolute Gasteiger partial charge is 0.355 e. The first kappa shape index (κ1) is 23.3. The fourth-order valence-corrected chi connectivity index (χ4v) is 5.57. The normalized spacial score (nSPS) is 16.2. The SMILES string of the molecule is O=C(c1c[nH]c(S(=O)(=O)C2CC2)n1)N1CCc2cc(Nc3ccc(C(F)(F)F)c(F)c3)ccc2C1. The molecule has 2 aromatic carbocycles. The molecule has 1 amide bonds. The van der Waals surface area contributed by atoms with E-state index in [2.05, 4.69) is 15.3 Å². The van der Waals surface area contributed by atoms with Crippen LogP contribution in [0.15, 0.2) is 47.8 Å². The van der Waals surface area contributed by atoms with Gasteiger partial charge in [0.15, 0.2) is 0 Å². The number of amides is 1. The number of hydrogen-bond acceptors (Lipinski definition) is 5. The number of halogens is 4. The summed E-state index contributed by atoms with van der Waals surface area (Å²) in [7, 11) is -3.52. The molecule has 184 valence electrons. The Morgan fingerprint density at radius 1 is 1.09 bits per heavy atom. The molecule has 1 aliphatic carbocycles. The first-order valence-electron chi connectivity index (χ1n) is 10.9. The van der Waals surface area contributed by atoms with Gasteiger partial charge in [0, 0.05) is 30.7 Å². The van der Waals surface area contributed by atoms with Gasteiger partial charge in [-0.15, -0.1) is 0 Å². The fraction of sp³-hybridized carbons (Fsp3) is 0.304. The maximum absolute atomic E-state index is 13.9. The summed E-state index contributed by atoms with van der Waals surface area (Å²) in [6.45, 7) is 0.669. The topological polar surface area (TPSA) is 95.2 Å². The average molecular weight is 508 g/mol. The number of aromatic nitrogens is 2. The first-order chi connectivity index (χ1) is 16.5. The summed E-state index contributed by atoms with van der Waals surface area (Å²) in [4.78, 5) is 21.1. The number of carbonyl (C=O) groups is 1. The molecule has 0 unspecified atom stereocenters. The minimum absolute atomic E-state index is 0.0373. The molecule has 2 aliphatic rings. The van der Waals surface area contributed by atoms with Crippen LogP contribution in [0.1, 0.15) is 40.0 Å². The molecule has 0 radical (unpaired) electrons. The van der Waals surface area contributed by atoms with Gasteiger partial charge in [-0.3, -0.25) is 4.79 Å². The quantitative estimate of drug-likeness (QED) is 0.497. The molecule has 2 N–H and O–H groups in total. The number of fused-ring (bicyclic) bond motifs is 1. The van der Waals surface area contributed by atoms with Crippen molar-refractivity contribution < 1.29 is 30.8 Å². The molecule has 1 aliphatic heterocycles. The lowest BCUT2D eigenvalue weighted by Crippen LogP contribution is -2.36. The van der Waals surface area contributed by atoms with Crippen LogP contribution in [-0.2, 0) is 29.0 Å². The Hall–Kier alpha value is -3.41. The number of anilines is 2. The van der Waals surface area contributed by atoms with Crippen LogP contribution in [0.4, 0.5) is 28.9 Å². The predicted molar refractivity (Wildman–Crippen MR) is 118 cm³/mol. The molecule has 1 fully saturated rings. The second kappa shape index (κ2) is 8.36. The third-order valence-corrected chi connectivity index (χ3v) is 8.17. The third kappa shape index (κ3) is 4.62. The lowest BCUT2D eigenvalue weighted by atomic mass is 9.98. The zero-order chi connectivity index (χ0) is 25.0. The Balaban J connectivity index is 1.28. The highest BCUT2D eigenvalue weighted by Gasteiger charge is 2.39. The number of aromatic amines is 1. The molecule has 1 aromatic heterocycles. The lowest BCUT2D eigenvalue weighted by molar-refractivity contribution is -0.139. The number of imidazole rings is 1. The number of benzene rings is 2. The van der Waals surface area contributed by atoms with Crippen LogP contribution in [-0.4, -0.2) is 41.0 Å². The highest BCUT2D eigenvalue weighted by molar-refractivity contribution is 7.92. The number of nitrogens with zero attached hydrogens (tertiary/aromatic N) is 2. The summed E-state index contributed by atoms with van der Waals surface area (Å²) >= 11 is 0. The van der Waals surface area contributed by atoms with Crippen LogP contribution in [0.5, 0.6) is 0 Å². The van der Waals surface area contributed by atoms with Crippen molar-refractivity contribution >= 4 is 27.1 Å². The number of sulfone groups is 1. The number of H-pyrrole nitrogens is 1. The molecule has 1 saturated carbocycles. The van der Waals surface area contributed by atoms with E-state index < -0.39 is 32.6 Å². The summed E-state index contributed by atoms with van der Waals surface area (Å²) in [5.74, 6) is -1.74. The average Bonchev–Trinajstić information content (AvgIpc) is 3.55. The molecular formula is C23H20F4N4O3S. The predicted octanol–water partition coefficient (Wildman–Crippen LogP) is 4.45. The first-order valence-corrected chi connectivity index (χ1v) is 12.4. The van der Waals surface area contributed by atoms with Gasteiger partial charge in [-0.05, 0) is 60.7 Å². The van der Waals surface area contributed by atoms with E-state index in [1.54, 1.807) is 17.0 Å². The van der Waals surface area contributed by atoms with E-state index in [4.69, 9.17) is 0 Å². The maximum Gasteiger partial charge on any atom is 0.419 e. The van der Waals surface area contributed by atoms with E-state index >= 15 is 0 Å². The summed E-state index contributed by atoms with van der Waals surface area (Å²) < 4.78 is 76.8. The Labute approximate surface area is 198 Å². The van der Waals surface area contributed by atoms with Gasteiger partial charge in [-0.2, -0.15) is 13.2 Å². The molecule has 0 spiro atoms. The molecule has 35 heavy (non-hydrogen) atoms. The van der Waals surface area contributed by atoms with E-state index in [1.807, 2.05) is 6.07 Å². The minimum atomic E-state index is -4.76. The third-order valence-electron chi connectivity index (χ3n) is 6.08. The van der Waals surface area contributed by atoms with Crippen molar-refractivity contribution in [3.63, 3.8) is 0 Å². The Morgan fingerprint density at radius 2 is 1.80 bits per heavy atom. The molecule has 7 nitrogen and oxygen atoms in total. The van der Waals surface area contributed by atoms with Crippen molar-refractivity contribution in [2.45, 2.75) is 42.4 Å². The van der Waals surface area contributed by atoms with Crippen LogP contribution in [0, 0.1) is 5.82 Å². The van der Waals surface area contributed by atoms with Crippen LogP contribution >= 0.6 is 0 Å². The summed E-state index contributed by atoms with van der Waals surface area (Å²) in [6.07, 6.45) is -1.75. The van der Waals surface area contributed by atoms with E-state index in [0.717, 1.165) is 23.3 Å². The van der Waals surface area contributed by atoms with Crippen molar-refractivity contribution in [3.05, 3.63) is 70.8 Å². The van der Waals surface area contributed by atoms with E-state index in [9.17, 15) is 30.8 Å². The summed E-state index contributed by atoms with van der Waals surface area (Å²) in [5, 5.41) is 2.29. The number of alkyl halides is 3. The van der Waals surface area contributed by atoms with Gasteiger partial charge in [0.2, 0.25) is 15.0 Å². The number of nitrogens with one attached hydrogen (secondary N) is 2. The fourth-order valence-electron chi connectivity index (χ4n) is 4.05. The van der Waals surface area contributed by atoms with Gasteiger partial charge in [-0.25, -0.2) is 17.8 Å². The van der Waals surface area contributed by atoms with E-state index in [-0.39, 0.29) is 22.4 Å². The van der Waals surface area contributed by atoms with Crippen LogP contribution in [0.25, 0.3) is 0 Å². The summed E-state index contributed by atoms with van der Waals surface area (Å²) in [6, 6.07) is 7.93. The van der Waals surface area contributed by atoms with Gasteiger partial charge in [0.25, 0.3) is 5.91 Å². The highest BCUT2D eigenvalue weighted by atomic mass is 32.2. The molecule has 3 aromatic rings. The van der Waals surface area contributed by atoms with Gasteiger partial charge in [0.1, 0.15) is 11.5 Å². The second-order valence-electron chi connectivity index (χ2n) is 8.61. The van der Waals surface area contributed by atoms with Crippen LogP contribution in [0.2, 0.25) is 0 Å². The van der Waals surface area contributed by atoms with E-state index in [1.165, 1.54) is 6.20 Å². The molecular weight excluding hydrogens is 488 g/mol. The van der Waals surface area contributed by atoms with Crippen molar-refractivity contribution in [3.8, 4) is 0 Å². The van der Waals surface area contributed by atoms with Crippen molar-refractivity contribution in [1.82, 2.24) is 14.9 Å². The van der Waals surface area contributed by atoms with Gasteiger partial charge < -0.3 is 15.2 Å². The monoisotopic (exact) mass is 508 g/mol. The Morgan fingerprint density at radius 3 is 2.49 bits per heavy atom.